The van der Waals surface area contributed by atoms with E-state index in [-0.39, 0.29) is 11.9 Å². The van der Waals surface area contributed by atoms with Crippen LogP contribution in [0, 0.1) is 6.92 Å². The molecule has 1 atom stereocenters. The Morgan fingerprint density at radius 1 is 1.29 bits per heavy atom. The number of hydrogen-bond acceptors (Lipinski definition) is 7. The Morgan fingerprint density at radius 3 is 2.71 bits per heavy atom. The number of hydrogen-bond donors (Lipinski definition) is 2. The van der Waals surface area contributed by atoms with Gasteiger partial charge >= 0.3 is 0 Å². The number of nitrogens with zero attached hydrogens (tertiary/aromatic N) is 4. The second-order valence-corrected chi connectivity index (χ2v) is 7.88. The van der Waals surface area contributed by atoms with Crippen molar-refractivity contribution in [1.29, 1.82) is 0 Å². The van der Waals surface area contributed by atoms with Crippen LogP contribution < -0.4 is 5.32 Å². The standard InChI is InChI=1S/C19H21N5OS.CH4O/c1-12-10-15-17(26-12)16(18(25)24-8-3-4-9-24)23-19(22-15)21-13(2)14-6-5-7-20-11-14;1-2/h5-7,10-11,13H,3-4,8-9H2,1-2H3,(H,21,22,23);2H,1H3. The third-order valence-corrected chi connectivity index (χ3v) is 5.67. The molecule has 0 aliphatic carbocycles. The van der Waals surface area contributed by atoms with Crippen molar-refractivity contribution in [2.75, 3.05) is 25.5 Å². The molecule has 0 bridgehead atoms. The molecular formula is C20H25N5O2S. The first-order chi connectivity index (χ1) is 13.6. The minimum absolute atomic E-state index is 0.00405. The number of aliphatic hydroxyl groups excluding tert-OH is 1. The van der Waals surface area contributed by atoms with Crippen molar-refractivity contribution >= 4 is 33.4 Å². The van der Waals surface area contributed by atoms with Crippen LogP contribution in [0.3, 0.4) is 0 Å². The molecule has 2 N–H and O–H groups in total. The number of rotatable bonds is 4. The summed E-state index contributed by atoms with van der Waals surface area (Å²) in [5.74, 6) is 0.489. The van der Waals surface area contributed by atoms with Crippen LogP contribution in [0.5, 0.6) is 0 Å². The fourth-order valence-electron chi connectivity index (χ4n) is 3.24. The minimum Gasteiger partial charge on any atom is -0.400 e. The van der Waals surface area contributed by atoms with Crippen LogP contribution in [0.25, 0.3) is 10.2 Å². The Bertz CT molecular complexity index is 938. The smallest absolute Gasteiger partial charge is 0.274 e. The summed E-state index contributed by atoms with van der Waals surface area (Å²) in [7, 11) is 1.00. The predicted molar refractivity (Wildman–Crippen MR) is 112 cm³/mol. The maximum Gasteiger partial charge on any atom is 0.274 e. The third-order valence-electron chi connectivity index (χ3n) is 4.62. The number of carbonyl (C=O) groups excluding carboxylic acids is 1. The molecule has 0 aromatic carbocycles. The number of aryl methyl sites for hydroxylation is 1. The second kappa shape index (κ2) is 9.07. The Balaban J connectivity index is 0.00000109. The SMILES string of the molecule is CO.Cc1cc2nc(NC(C)c3cccnc3)nc(C(=O)N3CCCC3)c2s1. The van der Waals surface area contributed by atoms with E-state index in [0.29, 0.717) is 11.6 Å². The van der Waals surface area contributed by atoms with Crippen molar-refractivity contribution in [1.82, 2.24) is 19.9 Å². The normalized spacial score (nSPS) is 14.5. The Morgan fingerprint density at radius 2 is 2.04 bits per heavy atom. The second-order valence-electron chi connectivity index (χ2n) is 6.62. The first-order valence-corrected chi connectivity index (χ1v) is 10.1. The lowest BCUT2D eigenvalue weighted by molar-refractivity contribution is 0.0789. The maximum absolute atomic E-state index is 13.0. The summed E-state index contributed by atoms with van der Waals surface area (Å²) in [6, 6.07) is 5.93. The highest BCUT2D eigenvalue weighted by atomic mass is 32.1. The largest absolute Gasteiger partial charge is 0.400 e. The van der Waals surface area contributed by atoms with Gasteiger partial charge in [0.1, 0.15) is 0 Å². The number of fused-ring (bicyclic) bond motifs is 1. The quantitative estimate of drug-likeness (QED) is 0.699. The van der Waals surface area contributed by atoms with Crippen LogP contribution in [-0.2, 0) is 0 Å². The van der Waals surface area contributed by atoms with E-state index in [9.17, 15) is 4.79 Å². The van der Waals surface area contributed by atoms with Crippen LogP contribution in [-0.4, -0.2) is 51.1 Å². The van der Waals surface area contributed by atoms with Gasteiger partial charge in [0.2, 0.25) is 5.95 Å². The van der Waals surface area contributed by atoms with Crippen LogP contribution in [0.1, 0.15) is 46.7 Å². The molecule has 3 aromatic heterocycles. The number of anilines is 1. The van der Waals surface area contributed by atoms with Gasteiger partial charge in [-0.1, -0.05) is 6.07 Å². The Kier molecular flexibility index (Phi) is 6.53. The van der Waals surface area contributed by atoms with Gasteiger partial charge in [0.25, 0.3) is 5.91 Å². The van der Waals surface area contributed by atoms with E-state index in [2.05, 4.69) is 20.3 Å². The molecule has 7 nitrogen and oxygen atoms in total. The van der Waals surface area contributed by atoms with Crippen LogP contribution in [0.4, 0.5) is 5.95 Å². The number of pyridine rings is 1. The summed E-state index contributed by atoms with van der Waals surface area (Å²) < 4.78 is 0.874. The van der Waals surface area contributed by atoms with Crippen molar-refractivity contribution in [2.45, 2.75) is 32.7 Å². The summed E-state index contributed by atoms with van der Waals surface area (Å²) in [6.07, 6.45) is 5.69. The number of thiophene rings is 1. The third kappa shape index (κ3) is 4.28. The molecule has 28 heavy (non-hydrogen) atoms. The highest BCUT2D eigenvalue weighted by Gasteiger charge is 2.25. The van der Waals surface area contributed by atoms with E-state index in [4.69, 9.17) is 5.11 Å². The van der Waals surface area contributed by atoms with Crippen LogP contribution in [0.2, 0.25) is 0 Å². The van der Waals surface area contributed by atoms with Gasteiger partial charge in [0.05, 0.1) is 16.3 Å². The monoisotopic (exact) mass is 399 g/mol. The average Bonchev–Trinajstić information content (AvgIpc) is 3.38. The lowest BCUT2D eigenvalue weighted by atomic mass is 10.1. The van der Waals surface area contributed by atoms with Crippen molar-refractivity contribution in [3.05, 3.63) is 46.7 Å². The van der Waals surface area contributed by atoms with Gasteiger partial charge in [-0.05, 0) is 44.4 Å². The van der Waals surface area contributed by atoms with Crippen LogP contribution >= 0.6 is 11.3 Å². The van der Waals surface area contributed by atoms with Crippen molar-refractivity contribution in [3.63, 3.8) is 0 Å². The maximum atomic E-state index is 13.0. The molecular weight excluding hydrogens is 374 g/mol. The zero-order valence-corrected chi connectivity index (χ0v) is 17.2. The number of amides is 1. The summed E-state index contributed by atoms with van der Waals surface area (Å²) in [6.45, 7) is 5.68. The molecule has 1 unspecified atom stereocenters. The summed E-state index contributed by atoms with van der Waals surface area (Å²) in [4.78, 5) is 29.4. The zero-order chi connectivity index (χ0) is 20.1. The number of aromatic nitrogens is 3. The molecule has 1 amide bonds. The van der Waals surface area contributed by atoms with Crippen LogP contribution in [0.15, 0.2) is 30.6 Å². The first-order valence-electron chi connectivity index (χ1n) is 9.30. The topological polar surface area (TPSA) is 91.2 Å². The lowest BCUT2D eigenvalue weighted by Crippen LogP contribution is -2.28. The van der Waals surface area contributed by atoms with Gasteiger partial charge in [-0.2, -0.15) is 0 Å². The highest BCUT2D eigenvalue weighted by molar-refractivity contribution is 7.19. The highest BCUT2D eigenvalue weighted by Crippen LogP contribution is 2.29. The molecule has 0 saturated carbocycles. The minimum atomic E-state index is -0.00405. The molecule has 8 heteroatoms. The lowest BCUT2D eigenvalue weighted by Gasteiger charge is -2.17. The molecule has 3 aromatic rings. The van der Waals surface area contributed by atoms with E-state index in [1.165, 1.54) is 0 Å². The fraction of sp³-hybridized carbons (Fsp3) is 0.400. The fourth-order valence-corrected chi connectivity index (χ4v) is 4.17. The molecule has 1 fully saturated rings. The number of likely N-dealkylation sites (tertiary alicyclic amines) is 1. The Hall–Kier alpha value is -2.58. The molecule has 1 aliphatic rings. The van der Waals surface area contributed by atoms with Gasteiger partial charge in [-0.25, -0.2) is 9.97 Å². The molecule has 0 radical (unpaired) electrons. The van der Waals surface area contributed by atoms with E-state index >= 15 is 0 Å². The van der Waals surface area contributed by atoms with E-state index in [0.717, 1.165) is 53.7 Å². The van der Waals surface area contributed by atoms with Gasteiger partial charge in [-0.15, -0.1) is 11.3 Å². The number of aliphatic hydroxyl groups is 1. The molecule has 4 heterocycles. The van der Waals surface area contributed by atoms with Crippen molar-refractivity contribution < 1.29 is 9.90 Å². The van der Waals surface area contributed by atoms with Gasteiger partial charge in [-0.3, -0.25) is 9.78 Å². The molecule has 0 spiro atoms. The summed E-state index contributed by atoms with van der Waals surface area (Å²) >= 11 is 1.58. The van der Waals surface area contributed by atoms with Gasteiger partial charge in [0, 0.05) is 37.5 Å². The molecule has 1 saturated heterocycles. The summed E-state index contributed by atoms with van der Waals surface area (Å²) in [5, 5.41) is 10.3. The zero-order valence-electron chi connectivity index (χ0n) is 16.3. The van der Waals surface area contributed by atoms with E-state index < -0.39 is 0 Å². The molecule has 148 valence electrons. The Labute approximate surface area is 168 Å². The van der Waals surface area contributed by atoms with E-state index in [1.54, 1.807) is 17.5 Å². The summed E-state index contributed by atoms with van der Waals surface area (Å²) in [5.41, 5.74) is 2.38. The predicted octanol–water partition coefficient (Wildman–Crippen LogP) is 3.41. The first kappa shape index (κ1) is 20.2. The number of carbonyl (C=O) groups is 1. The molecule has 4 rings (SSSR count). The van der Waals surface area contributed by atoms with Gasteiger partial charge < -0.3 is 15.3 Å². The van der Waals surface area contributed by atoms with Crippen molar-refractivity contribution in [3.8, 4) is 0 Å². The van der Waals surface area contributed by atoms with Crippen molar-refractivity contribution in [2.24, 2.45) is 0 Å². The average molecular weight is 400 g/mol. The van der Waals surface area contributed by atoms with E-state index in [1.807, 2.05) is 43.1 Å². The molecule has 1 aliphatic heterocycles. The van der Waals surface area contributed by atoms with Gasteiger partial charge in [0.15, 0.2) is 5.69 Å². The number of nitrogens with one attached hydrogen (secondary N) is 1.